The number of fused-ring (bicyclic) bond motifs is 1. The van der Waals surface area contributed by atoms with Crippen molar-refractivity contribution in [2.24, 2.45) is 0 Å². The molecule has 23 heavy (non-hydrogen) atoms. The van der Waals surface area contributed by atoms with Crippen LogP contribution in [-0.2, 0) is 0 Å². The Kier molecular flexibility index (Phi) is 4.58. The summed E-state index contributed by atoms with van der Waals surface area (Å²) >= 11 is 3.18. The summed E-state index contributed by atoms with van der Waals surface area (Å²) in [5.41, 5.74) is 1.76. The first-order chi connectivity index (χ1) is 11.1. The van der Waals surface area contributed by atoms with Crippen molar-refractivity contribution in [3.8, 4) is 0 Å². The Morgan fingerprint density at radius 1 is 1.48 bits per heavy atom. The van der Waals surface area contributed by atoms with Gasteiger partial charge < -0.3 is 5.32 Å². The summed E-state index contributed by atoms with van der Waals surface area (Å²) in [5.74, 6) is -0.355. The van der Waals surface area contributed by atoms with Crippen molar-refractivity contribution in [3.05, 3.63) is 52.7 Å². The molecule has 0 saturated carbocycles. The number of rotatable bonds is 4. The van der Waals surface area contributed by atoms with Gasteiger partial charge in [-0.1, -0.05) is 6.07 Å². The summed E-state index contributed by atoms with van der Waals surface area (Å²) in [6.45, 7) is 1.85. The maximum absolute atomic E-state index is 13.0. The quantitative estimate of drug-likeness (QED) is 0.731. The number of hydrogen-bond acceptors (Lipinski definition) is 5. The van der Waals surface area contributed by atoms with Crippen LogP contribution in [0.1, 0.15) is 28.9 Å². The first-order valence-electron chi connectivity index (χ1n) is 6.63. The molecule has 0 aliphatic rings. The van der Waals surface area contributed by atoms with E-state index in [1.807, 2.05) is 13.0 Å². The minimum Gasteiger partial charge on any atom is -0.345 e. The number of carbonyl (C=O) groups excluding carboxylic acids is 1. The van der Waals surface area contributed by atoms with Crippen LogP contribution in [0.3, 0.4) is 0 Å². The number of hydrogen-bond donors (Lipinski definition) is 1. The van der Waals surface area contributed by atoms with Gasteiger partial charge >= 0.3 is 0 Å². The van der Waals surface area contributed by atoms with Crippen molar-refractivity contribution in [2.75, 3.05) is 0 Å². The van der Waals surface area contributed by atoms with Gasteiger partial charge in [0.1, 0.15) is 10.1 Å². The SMILES string of the molecule is CC(NC(=O)c1cn(SF)c2ncc(Br)nc12)c1cccnc1. The minimum atomic E-state index is -0.355. The van der Waals surface area contributed by atoms with Gasteiger partial charge in [0.15, 0.2) is 18.0 Å². The van der Waals surface area contributed by atoms with Crippen LogP contribution in [0.4, 0.5) is 3.89 Å². The van der Waals surface area contributed by atoms with Gasteiger partial charge in [-0.25, -0.2) is 13.9 Å². The highest BCUT2D eigenvalue weighted by molar-refractivity contribution is 9.10. The number of amides is 1. The van der Waals surface area contributed by atoms with Gasteiger partial charge in [-0.3, -0.25) is 9.78 Å². The standard InChI is InChI=1S/C14H11BrFN5OS/c1-8(9-3-2-4-17-5-9)19-14(22)10-7-21(23-16)13-12(10)20-11(15)6-18-13/h2-8H,1H3,(H,19,22). The van der Waals surface area contributed by atoms with Crippen LogP contribution in [0, 0.1) is 0 Å². The van der Waals surface area contributed by atoms with Crippen LogP contribution in [0.15, 0.2) is 41.5 Å². The van der Waals surface area contributed by atoms with E-state index in [1.54, 1.807) is 18.5 Å². The lowest BCUT2D eigenvalue weighted by molar-refractivity contribution is 0.0941. The molecule has 0 aliphatic carbocycles. The van der Waals surface area contributed by atoms with Crippen molar-refractivity contribution in [1.29, 1.82) is 0 Å². The van der Waals surface area contributed by atoms with Gasteiger partial charge in [-0.2, -0.15) is 0 Å². The molecule has 9 heteroatoms. The van der Waals surface area contributed by atoms with Crippen molar-refractivity contribution < 1.29 is 8.68 Å². The zero-order valence-electron chi connectivity index (χ0n) is 11.9. The number of carbonyl (C=O) groups is 1. The van der Waals surface area contributed by atoms with E-state index in [9.17, 15) is 8.68 Å². The van der Waals surface area contributed by atoms with Crippen LogP contribution < -0.4 is 5.32 Å². The molecule has 1 amide bonds. The third kappa shape index (κ3) is 3.20. The Bertz CT molecular complexity index is 857. The molecule has 0 radical (unpaired) electrons. The van der Waals surface area contributed by atoms with Crippen LogP contribution in [0.5, 0.6) is 0 Å². The van der Waals surface area contributed by atoms with Crippen molar-refractivity contribution >= 4 is 45.3 Å². The van der Waals surface area contributed by atoms with Gasteiger partial charge in [0.05, 0.1) is 17.8 Å². The van der Waals surface area contributed by atoms with Crippen molar-refractivity contribution in [2.45, 2.75) is 13.0 Å². The Labute approximate surface area is 144 Å². The first-order valence-corrected chi connectivity index (χ1v) is 8.10. The maximum atomic E-state index is 13.0. The smallest absolute Gasteiger partial charge is 0.255 e. The zero-order valence-corrected chi connectivity index (χ0v) is 14.3. The van der Waals surface area contributed by atoms with Crippen molar-refractivity contribution in [3.63, 3.8) is 0 Å². The summed E-state index contributed by atoms with van der Waals surface area (Å²) in [6, 6.07) is 3.43. The fourth-order valence-corrected chi connectivity index (χ4v) is 2.78. The summed E-state index contributed by atoms with van der Waals surface area (Å²) in [5, 5.41) is 2.85. The second-order valence-corrected chi connectivity index (χ2v) is 6.13. The van der Waals surface area contributed by atoms with Gasteiger partial charge in [-0.15, -0.1) is 3.89 Å². The normalized spacial score (nSPS) is 12.3. The number of halogens is 2. The highest BCUT2D eigenvalue weighted by Gasteiger charge is 2.20. The second-order valence-electron chi connectivity index (χ2n) is 4.78. The van der Waals surface area contributed by atoms with Crippen LogP contribution in [0.25, 0.3) is 11.2 Å². The molecule has 1 unspecified atom stereocenters. The lowest BCUT2D eigenvalue weighted by Gasteiger charge is -2.13. The molecule has 0 bridgehead atoms. The van der Waals surface area contributed by atoms with E-state index < -0.39 is 0 Å². The number of aromatic nitrogens is 4. The van der Waals surface area contributed by atoms with Gasteiger partial charge in [0, 0.05) is 18.6 Å². The fourth-order valence-electron chi connectivity index (χ4n) is 2.15. The molecule has 0 fully saturated rings. The Morgan fingerprint density at radius 3 is 3.00 bits per heavy atom. The van der Waals surface area contributed by atoms with Gasteiger partial charge in [0.25, 0.3) is 5.91 Å². The first kappa shape index (κ1) is 15.9. The second kappa shape index (κ2) is 6.63. The molecule has 118 valence electrons. The predicted molar refractivity (Wildman–Crippen MR) is 89.4 cm³/mol. The molecule has 0 aromatic carbocycles. The molecular formula is C14H11BrFN5OS. The summed E-state index contributed by atoms with van der Waals surface area (Å²) in [4.78, 5) is 24.9. The molecule has 6 nitrogen and oxygen atoms in total. The van der Waals surface area contributed by atoms with Crippen LogP contribution in [-0.4, -0.2) is 24.8 Å². The maximum Gasteiger partial charge on any atom is 0.255 e. The van der Waals surface area contributed by atoms with E-state index in [1.165, 1.54) is 16.4 Å². The Morgan fingerprint density at radius 2 is 2.30 bits per heavy atom. The van der Waals surface area contributed by atoms with E-state index in [2.05, 4.69) is 36.2 Å². The lowest BCUT2D eigenvalue weighted by atomic mass is 10.1. The van der Waals surface area contributed by atoms with Gasteiger partial charge in [-0.05, 0) is 34.5 Å². The fraction of sp³-hybridized carbons (Fsp3) is 0.143. The highest BCUT2D eigenvalue weighted by atomic mass is 79.9. The van der Waals surface area contributed by atoms with E-state index in [0.29, 0.717) is 15.8 Å². The minimum absolute atomic E-state index is 0.0335. The monoisotopic (exact) mass is 395 g/mol. The molecule has 3 aromatic rings. The number of pyridine rings is 1. The summed E-state index contributed by atoms with van der Waals surface area (Å²) < 4.78 is 14.7. The molecule has 0 aliphatic heterocycles. The van der Waals surface area contributed by atoms with Gasteiger partial charge in [0.2, 0.25) is 0 Å². The Hall–Kier alpha value is -2.00. The predicted octanol–water partition coefficient (Wildman–Crippen LogP) is 3.46. The zero-order chi connectivity index (χ0) is 16.4. The molecule has 1 N–H and O–H groups in total. The van der Waals surface area contributed by atoms with Crippen molar-refractivity contribution in [1.82, 2.24) is 24.2 Å². The third-order valence-electron chi connectivity index (χ3n) is 3.28. The largest absolute Gasteiger partial charge is 0.345 e. The Balaban J connectivity index is 1.93. The molecule has 1 atom stereocenters. The van der Waals surface area contributed by atoms with E-state index >= 15 is 0 Å². The molecule has 3 rings (SSSR count). The van der Waals surface area contributed by atoms with E-state index in [4.69, 9.17) is 0 Å². The molecule has 3 aromatic heterocycles. The molecular weight excluding hydrogens is 385 g/mol. The summed E-state index contributed by atoms with van der Waals surface area (Å²) in [7, 11) is 0. The van der Waals surface area contributed by atoms with Crippen LogP contribution >= 0.6 is 28.3 Å². The molecule has 0 spiro atoms. The number of nitrogens with one attached hydrogen (secondary N) is 1. The number of nitrogens with zero attached hydrogens (tertiary/aromatic N) is 4. The molecule has 3 heterocycles. The third-order valence-corrected chi connectivity index (χ3v) is 4.09. The topological polar surface area (TPSA) is 72.7 Å². The average Bonchev–Trinajstić information content (AvgIpc) is 2.93. The van der Waals surface area contributed by atoms with Crippen LogP contribution in [0.2, 0.25) is 0 Å². The molecule has 0 saturated heterocycles. The summed E-state index contributed by atoms with van der Waals surface area (Å²) in [6.07, 6.45) is 6.18. The highest BCUT2D eigenvalue weighted by Crippen LogP contribution is 2.25. The lowest BCUT2D eigenvalue weighted by Crippen LogP contribution is -2.26. The van der Waals surface area contributed by atoms with E-state index in [0.717, 1.165) is 5.56 Å². The van der Waals surface area contributed by atoms with E-state index in [-0.39, 0.29) is 29.8 Å². The average molecular weight is 396 g/mol.